The summed E-state index contributed by atoms with van der Waals surface area (Å²) in [6.07, 6.45) is 6.39. The van der Waals surface area contributed by atoms with Crippen LogP contribution >= 0.6 is 0 Å². The van der Waals surface area contributed by atoms with Crippen molar-refractivity contribution in [2.24, 2.45) is 0 Å². The first kappa shape index (κ1) is 14.8. The van der Waals surface area contributed by atoms with Gasteiger partial charge in [-0.15, -0.1) is 0 Å². The first-order valence-corrected chi connectivity index (χ1v) is 7.89. The number of H-pyrrole nitrogens is 2. The van der Waals surface area contributed by atoms with Crippen molar-refractivity contribution in [2.75, 3.05) is 0 Å². The van der Waals surface area contributed by atoms with Crippen LogP contribution in [0.3, 0.4) is 0 Å². The molecule has 0 aliphatic heterocycles. The predicted octanol–water partition coefficient (Wildman–Crippen LogP) is 3.83. The van der Waals surface area contributed by atoms with Gasteiger partial charge < -0.3 is 0 Å². The second kappa shape index (κ2) is 6.73. The standard InChI is InChI=1S/C16H26N4/c1-5-9-13-11(7-3)15(19-17-13)16-12(8-4)14(10-6-2)18-20-16/h5-10H2,1-4H3,(H,17,19)(H,18,20). The molecule has 0 fully saturated rings. The van der Waals surface area contributed by atoms with Gasteiger partial charge in [-0.1, -0.05) is 40.5 Å². The van der Waals surface area contributed by atoms with E-state index in [9.17, 15) is 0 Å². The first-order valence-electron chi connectivity index (χ1n) is 7.89. The van der Waals surface area contributed by atoms with Crippen LogP contribution in [0.25, 0.3) is 11.4 Å². The Labute approximate surface area is 121 Å². The van der Waals surface area contributed by atoms with Gasteiger partial charge in [0, 0.05) is 22.5 Å². The van der Waals surface area contributed by atoms with E-state index in [0.29, 0.717) is 0 Å². The Morgan fingerprint density at radius 1 is 0.700 bits per heavy atom. The van der Waals surface area contributed by atoms with Gasteiger partial charge in [0.1, 0.15) is 11.4 Å². The number of rotatable bonds is 7. The van der Waals surface area contributed by atoms with Crippen molar-refractivity contribution >= 4 is 0 Å². The predicted molar refractivity (Wildman–Crippen MR) is 82.9 cm³/mol. The van der Waals surface area contributed by atoms with Crippen LogP contribution in [0, 0.1) is 0 Å². The van der Waals surface area contributed by atoms with E-state index in [4.69, 9.17) is 0 Å². The van der Waals surface area contributed by atoms with Gasteiger partial charge in [-0.2, -0.15) is 10.2 Å². The molecule has 0 bridgehead atoms. The molecule has 4 heteroatoms. The van der Waals surface area contributed by atoms with Crippen molar-refractivity contribution in [3.63, 3.8) is 0 Å². The lowest BCUT2D eigenvalue weighted by Gasteiger charge is -2.03. The molecule has 4 nitrogen and oxygen atoms in total. The zero-order valence-corrected chi connectivity index (χ0v) is 13.1. The smallest absolute Gasteiger partial charge is 0.116 e. The second-order valence-electron chi connectivity index (χ2n) is 5.27. The van der Waals surface area contributed by atoms with Gasteiger partial charge in [0.25, 0.3) is 0 Å². The number of aromatic amines is 2. The Hall–Kier alpha value is -1.58. The zero-order chi connectivity index (χ0) is 14.5. The monoisotopic (exact) mass is 274 g/mol. The summed E-state index contributed by atoms with van der Waals surface area (Å²) in [6, 6.07) is 0. The summed E-state index contributed by atoms with van der Waals surface area (Å²) in [5.74, 6) is 0. The van der Waals surface area contributed by atoms with E-state index in [1.165, 1.54) is 22.5 Å². The van der Waals surface area contributed by atoms with Crippen LogP contribution in [-0.4, -0.2) is 20.4 Å². The molecule has 2 aromatic heterocycles. The molecule has 0 aromatic carbocycles. The third-order valence-electron chi connectivity index (χ3n) is 3.84. The van der Waals surface area contributed by atoms with Crippen LogP contribution < -0.4 is 0 Å². The van der Waals surface area contributed by atoms with Crippen LogP contribution in [-0.2, 0) is 25.7 Å². The summed E-state index contributed by atoms with van der Waals surface area (Å²) in [5.41, 5.74) is 7.30. The number of nitrogens with zero attached hydrogens (tertiary/aromatic N) is 2. The van der Waals surface area contributed by atoms with Gasteiger partial charge in [0.2, 0.25) is 0 Å². The summed E-state index contributed by atoms with van der Waals surface area (Å²) in [7, 11) is 0. The molecule has 2 aromatic rings. The van der Waals surface area contributed by atoms with Crippen LogP contribution in [0.5, 0.6) is 0 Å². The number of nitrogens with one attached hydrogen (secondary N) is 2. The topological polar surface area (TPSA) is 57.4 Å². The molecule has 20 heavy (non-hydrogen) atoms. The van der Waals surface area contributed by atoms with Crippen molar-refractivity contribution in [3.05, 3.63) is 22.5 Å². The van der Waals surface area contributed by atoms with Crippen molar-refractivity contribution in [1.29, 1.82) is 0 Å². The highest BCUT2D eigenvalue weighted by Gasteiger charge is 2.19. The van der Waals surface area contributed by atoms with E-state index in [2.05, 4.69) is 48.1 Å². The van der Waals surface area contributed by atoms with Gasteiger partial charge in [-0.3, -0.25) is 10.2 Å². The fourth-order valence-electron chi connectivity index (χ4n) is 2.87. The minimum absolute atomic E-state index is 1.00. The average Bonchev–Trinajstić information content (AvgIpc) is 3.02. The highest BCUT2D eigenvalue weighted by Crippen LogP contribution is 2.28. The molecule has 0 amide bonds. The SMILES string of the molecule is CCCc1[nH]nc(-c2n[nH]c(CCC)c2CC)c1CC. The Balaban J connectivity index is 2.45. The van der Waals surface area contributed by atoms with Gasteiger partial charge in [-0.05, 0) is 25.7 Å². The van der Waals surface area contributed by atoms with Gasteiger partial charge in [0.15, 0.2) is 0 Å². The Morgan fingerprint density at radius 3 is 1.40 bits per heavy atom. The molecule has 0 radical (unpaired) electrons. The van der Waals surface area contributed by atoms with Crippen LogP contribution in [0.4, 0.5) is 0 Å². The maximum absolute atomic E-state index is 4.55. The fourth-order valence-corrected chi connectivity index (χ4v) is 2.87. The van der Waals surface area contributed by atoms with E-state index >= 15 is 0 Å². The molecule has 2 N–H and O–H groups in total. The summed E-state index contributed by atoms with van der Waals surface area (Å²) < 4.78 is 0. The largest absolute Gasteiger partial charge is 0.282 e. The maximum Gasteiger partial charge on any atom is 0.116 e. The Bertz CT molecular complexity index is 501. The lowest BCUT2D eigenvalue weighted by atomic mass is 10.0. The van der Waals surface area contributed by atoms with Gasteiger partial charge in [-0.25, -0.2) is 0 Å². The molecule has 2 rings (SSSR count). The lowest BCUT2D eigenvalue weighted by Crippen LogP contribution is -1.94. The highest BCUT2D eigenvalue weighted by atomic mass is 15.2. The quantitative estimate of drug-likeness (QED) is 0.806. The third-order valence-corrected chi connectivity index (χ3v) is 3.84. The van der Waals surface area contributed by atoms with Crippen LogP contribution in [0.15, 0.2) is 0 Å². The molecule has 0 aliphatic carbocycles. The van der Waals surface area contributed by atoms with Crippen molar-refractivity contribution in [1.82, 2.24) is 20.4 Å². The highest BCUT2D eigenvalue weighted by molar-refractivity contribution is 5.64. The molecule has 0 aliphatic rings. The summed E-state index contributed by atoms with van der Waals surface area (Å²) in [4.78, 5) is 0. The number of hydrogen-bond donors (Lipinski definition) is 2. The second-order valence-corrected chi connectivity index (χ2v) is 5.27. The third kappa shape index (κ3) is 2.65. The summed E-state index contributed by atoms with van der Waals surface area (Å²) in [6.45, 7) is 8.79. The van der Waals surface area contributed by atoms with E-state index in [1.54, 1.807) is 0 Å². The molecule has 0 unspecified atom stereocenters. The first-order chi connectivity index (χ1) is 9.76. The van der Waals surface area contributed by atoms with Crippen LogP contribution in [0.2, 0.25) is 0 Å². The number of aryl methyl sites for hydroxylation is 2. The molecule has 0 spiro atoms. The fraction of sp³-hybridized carbons (Fsp3) is 0.625. The molecular formula is C16H26N4. The lowest BCUT2D eigenvalue weighted by molar-refractivity contribution is 0.853. The van der Waals surface area contributed by atoms with E-state index in [-0.39, 0.29) is 0 Å². The van der Waals surface area contributed by atoms with Crippen molar-refractivity contribution in [2.45, 2.75) is 66.2 Å². The zero-order valence-electron chi connectivity index (χ0n) is 13.1. The van der Waals surface area contributed by atoms with E-state index < -0.39 is 0 Å². The van der Waals surface area contributed by atoms with Crippen LogP contribution in [0.1, 0.15) is 63.1 Å². The number of aromatic nitrogens is 4. The maximum atomic E-state index is 4.55. The molecule has 0 saturated carbocycles. The normalized spacial score (nSPS) is 11.2. The van der Waals surface area contributed by atoms with Gasteiger partial charge >= 0.3 is 0 Å². The molecule has 2 heterocycles. The van der Waals surface area contributed by atoms with Gasteiger partial charge in [0.05, 0.1) is 0 Å². The minimum Gasteiger partial charge on any atom is -0.282 e. The molecular weight excluding hydrogens is 248 g/mol. The average molecular weight is 274 g/mol. The number of hydrogen-bond acceptors (Lipinski definition) is 2. The summed E-state index contributed by atoms with van der Waals surface area (Å²) >= 11 is 0. The Morgan fingerprint density at radius 2 is 1.10 bits per heavy atom. The molecule has 0 saturated heterocycles. The van der Waals surface area contributed by atoms with Crippen molar-refractivity contribution in [3.8, 4) is 11.4 Å². The van der Waals surface area contributed by atoms with Crippen molar-refractivity contribution < 1.29 is 0 Å². The molecule has 0 atom stereocenters. The van der Waals surface area contributed by atoms with E-state index in [0.717, 1.165) is 49.9 Å². The minimum atomic E-state index is 1.00. The van der Waals surface area contributed by atoms with E-state index in [1.807, 2.05) is 0 Å². The Kier molecular flexibility index (Phi) is 4.99. The molecule has 110 valence electrons. The summed E-state index contributed by atoms with van der Waals surface area (Å²) in [5, 5.41) is 15.5.